The van der Waals surface area contributed by atoms with Crippen LogP contribution in [0.15, 0.2) is 23.1 Å². The molecule has 1 atom stereocenters. The second-order valence-corrected chi connectivity index (χ2v) is 6.77. The van der Waals surface area contributed by atoms with E-state index in [2.05, 4.69) is 5.32 Å². The number of hydrogen-bond donors (Lipinski definition) is 4. The summed E-state index contributed by atoms with van der Waals surface area (Å²) in [4.78, 5) is 11.0. The molecule has 1 rings (SSSR count). The van der Waals surface area contributed by atoms with Gasteiger partial charge in [0.1, 0.15) is 0 Å². The Balaban J connectivity index is 3.15. The Morgan fingerprint density at radius 1 is 1.38 bits per heavy atom. The summed E-state index contributed by atoms with van der Waals surface area (Å²) in [6.45, 7) is 3.80. The third kappa shape index (κ3) is 5.00. The lowest BCUT2D eigenvalue weighted by Crippen LogP contribution is -2.26. The van der Waals surface area contributed by atoms with Crippen molar-refractivity contribution in [1.82, 2.24) is 0 Å². The molecule has 0 spiro atoms. The second-order valence-electron chi connectivity index (χ2n) is 5.21. The standard InChI is InChI=1S/C13H20N2O5S/c1-8(2)5-9(7-16)15-12-4-3-10(21(14,19)20)6-11(12)13(17)18/h3-4,6,8-9,15-16H,5,7H2,1-2H3,(H,17,18)(H2,14,19,20). The molecule has 1 aromatic rings. The SMILES string of the molecule is CC(C)CC(CO)Nc1ccc(S(N)(=O)=O)cc1C(=O)O. The lowest BCUT2D eigenvalue weighted by Gasteiger charge is -2.21. The zero-order chi connectivity index (χ0) is 16.2. The summed E-state index contributed by atoms with van der Waals surface area (Å²) in [7, 11) is -3.97. The maximum Gasteiger partial charge on any atom is 0.337 e. The second kappa shape index (κ2) is 6.88. The summed E-state index contributed by atoms with van der Waals surface area (Å²) in [5.41, 5.74) is 0.0401. The number of anilines is 1. The minimum absolute atomic E-state index is 0.159. The maximum absolute atomic E-state index is 11.3. The molecular weight excluding hydrogens is 296 g/mol. The van der Waals surface area contributed by atoms with Gasteiger partial charge in [-0.25, -0.2) is 18.4 Å². The van der Waals surface area contributed by atoms with Crippen molar-refractivity contribution < 1.29 is 23.4 Å². The molecule has 21 heavy (non-hydrogen) atoms. The molecule has 7 nitrogen and oxygen atoms in total. The molecule has 0 aliphatic heterocycles. The molecule has 1 unspecified atom stereocenters. The summed E-state index contributed by atoms with van der Waals surface area (Å²) >= 11 is 0. The van der Waals surface area contributed by atoms with Gasteiger partial charge < -0.3 is 15.5 Å². The molecule has 0 saturated heterocycles. The Morgan fingerprint density at radius 2 is 2.00 bits per heavy atom. The van der Waals surface area contributed by atoms with Crippen molar-refractivity contribution in [2.24, 2.45) is 11.1 Å². The fourth-order valence-electron chi connectivity index (χ4n) is 1.97. The monoisotopic (exact) mass is 316 g/mol. The molecule has 0 saturated carbocycles. The Labute approximate surface area is 123 Å². The van der Waals surface area contributed by atoms with Gasteiger partial charge in [0.2, 0.25) is 10.0 Å². The molecule has 5 N–H and O–H groups in total. The largest absolute Gasteiger partial charge is 0.478 e. The van der Waals surface area contributed by atoms with E-state index in [1.54, 1.807) is 0 Å². The first kappa shape index (κ1) is 17.4. The predicted octanol–water partition coefficient (Wildman–Crippen LogP) is 0.851. The molecule has 0 amide bonds. The number of aliphatic hydroxyl groups is 1. The van der Waals surface area contributed by atoms with Crippen LogP contribution in [-0.2, 0) is 10.0 Å². The highest BCUT2D eigenvalue weighted by Gasteiger charge is 2.18. The molecule has 118 valence electrons. The number of rotatable bonds is 7. The van der Waals surface area contributed by atoms with Crippen LogP contribution in [-0.4, -0.2) is 37.2 Å². The van der Waals surface area contributed by atoms with Gasteiger partial charge in [0.25, 0.3) is 0 Å². The van der Waals surface area contributed by atoms with Crippen LogP contribution in [0.4, 0.5) is 5.69 Å². The Hall–Kier alpha value is -1.64. The highest BCUT2D eigenvalue weighted by molar-refractivity contribution is 7.89. The van der Waals surface area contributed by atoms with Gasteiger partial charge in [-0.2, -0.15) is 0 Å². The van der Waals surface area contributed by atoms with Gasteiger partial charge in [0, 0.05) is 11.7 Å². The number of nitrogens with one attached hydrogen (secondary N) is 1. The van der Waals surface area contributed by atoms with Crippen LogP contribution in [0.5, 0.6) is 0 Å². The van der Waals surface area contributed by atoms with Crippen LogP contribution in [0.1, 0.15) is 30.6 Å². The van der Waals surface area contributed by atoms with Gasteiger partial charge in [-0.1, -0.05) is 13.8 Å². The minimum Gasteiger partial charge on any atom is -0.478 e. The van der Waals surface area contributed by atoms with Crippen molar-refractivity contribution >= 4 is 21.7 Å². The maximum atomic E-state index is 11.3. The number of carbonyl (C=O) groups is 1. The number of hydrogen-bond acceptors (Lipinski definition) is 5. The molecule has 0 heterocycles. The number of primary sulfonamides is 1. The van der Waals surface area contributed by atoms with Crippen molar-refractivity contribution in [3.05, 3.63) is 23.8 Å². The van der Waals surface area contributed by atoms with E-state index in [0.717, 1.165) is 6.07 Å². The summed E-state index contributed by atoms with van der Waals surface area (Å²) in [5.74, 6) is -0.962. The number of carboxylic acid groups (broad SMARTS) is 1. The third-order valence-electron chi connectivity index (χ3n) is 2.89. The number of aliphatic hydroxyl groups excluding tert-OH is 1. The average molecular weight is 316 g/mol. The molecule has 0 aliphatic carbocycles. The van der Waals surface area contributed by atoms with Crippen LogP contribution in [0.2, 0.25) is 0 Å². The van der Waals surface area contributed by atoms with Gasteiger partial charge in [-0.3, -0.25) is 0 Å². The van der Waals surface area contributed by atoms with Gasteiger partial charge in [0.05, 0.1) is 17.1 Å². The lowest BCUT2D eigenvalue weighted by molar-refractivity contribution is 0.0697. The average Bonchev–Trinajstić information content (AvgIpc) is 2.36. The Morgan fingerprint density at radius 3 is 2.43 bits per heavy atom. The fourth-order valence-corrected chi connectivity index (χ4v) is 2.51. The van der Waals surface area contributed by atoms with Gasteiger partial charge in [-0.05, 0) is 30.5 Å². The quantitative estimate of drug-likeness (QED) is 0.590. The van der Waals surface area contributed by atoms with E-state index < -0.39 is 16.0 Å². The van der Waals surface area contributed by atoms with E-state index in [0.29, 0.717) is 12.3 Å². The van der Waals surface area contributed by atoms with Gasteiger partial charge in [-0.15, -0.1) is 0 Å². The molecule has 0 bridgehead atoms. The number of carboxylic acids is 1. The molecule has 0 aromatic heterocycles. The summed E-state index contributed by atoms with van der Waals surface area (Å²) in [6.07, 6.45) is 0.645. The highest BCUT2D eigenvalue weighted by Crippen LogP contribution is 2.22. The lowest BCUT2D eigenvalue weighted by atomic mass is 10.0. The molecule has 8 heteroatoms. The number of sulfonamides is 1. The summed E-state index contributed by atoms with van der Waals surface area (Å²) in [5, 5.41) is 26.4. The van der Waals surface area contributed by atoms with Gasteiger partial charge >= 0.3 is 5.97 Å². The number of benzene rings is 1. The first-order valence-electron chi connectivity index (χ1n) is 6.42. The van der Waals surface area contributed by atoms with Gasteiger partial charge in [0.15, 0.2) is 0 Å². The van der Waals surface area contributed by atoms with E-state index in [1.165, 1.54) is 12.1 Å². The fraction of sp³-hybridized carbons (Fsp3) is 0.462. The van der Waals surface area contributed by atoms with E-state index in [4.69, 9.17) is 5.14 Å². The molecule has 0 fully saturated rings. The first-order chi connectivity index (χ1) is 9.65. The minimum atomic E-state index is -3.97. The van der Waals surface area contributed by atoms with Crippen molar-refractivity contribution in [2.75, 3.05) is 11.9 Å². The molecule has 0 radical (unpaired) electrons. The topological polar surface area (TPSA) is 130 Å². The van der Waals surface area contributed by atoms with E-state index in [1.807, 2.05) is 13.8 Å². The first-order valence-corrected chi connectivity index (χ1v) is 7.97. The highest BCUT2D eigenvalue weighted by atomic mass is 32.2. The normalized spacial score (nSPS) is 13.2. The smallest absolute Gasteiger partial charge is 0.337 e. The zero-order valence-corrected chi connectivity index (χ0v) is 12.7. The van der Waals surface area contributed by atoms with E-state index >= 15 is 0 Å². The van der Waals surface area contributed by atoms with Crippen molar-refractivity contribution in [1.29, 1.82) is 0 Å². The van der Waals surface area contributed by atoms with E-state index in [-0.39, 0.29) is 28.8 Å². The van der Waals surface area contributed by atoms with Crippen LogP contribution in [0, 0.1) is 5.92 Å². The zero-order valence-electron chi connectivity index (χ0n) is 11.9. The Kier molecular flexibility index (Phi) is 5.70. The molecule has 1 aromatic carbocycles. The van der Waals surface area contributed by atoms with Crippen LogP contribution < -0.4 is 10.5 Å². The molecular formula is C13H20N2O5S. The van der Waals surface area contributed by atoms with Crippen molar-refractivity contribution in [3.8, 4) is 0 Å². The number of nitrogens with two attached hydrogens (primary N) is 1. The van der Waals surface area contributed by atoms with Crippen LogP contribution >= 0.6 is 0 Å². The van der Waals surface area contributed by atoms with E-state index in [9.17, 15) is 23.4 Å². The van der Waals surface area contributed by atoms with Crippen molar-refractivity contribution in [3.63, 3.8) is 0 Å². The summed E-state index contributed by atoms with van der Waals surface area (Å²) in [6, 6.07) is 3.26. The molecule has 0 aliphatic rings. The van der Waals surface area contributed by atoms with Crippen LogP contribution in [0.25, 0.3) is 0 Å². The van der Waals surface area contributed by atoms with Crippen molar-refractivity contribution in [2.45, 2.75) is 31.2 Å². The predicted molar refractivity (Wildman–Crippen MR) is 78.7 cm³/mol. The third-order valence-corrected chi connectivity index (χ3v) is 3.80. The summed E-state index contributed by atoms with van der Waals surface area (Å²) < 4.78 is 22.5. The van der Waals surface area contributed by atoms with Crippen LogP contribution in [0.3, 0.4) is 0 Å². The number of aromatic carboxylic acids is 1. The Bertz CT molecular complexity index is 613.